The molecule has 0 saturated heterocycles. The Labute approximate surface area is 115 Å². The Morgan fingerprint density at radius 3 is 2.65 bits per heavy atom. The third-order valence-corrected chi connectivity index (χ3v) is 3.89. The van der Waals surface area contributed by atoms with Crippen LogP contribution in [0.3, 0.4) is 0 Å². The van der Waals surface area contributed by atoms with Crippen LogP contribution in [-0.4, -0.2) is 32.2 Å². The van der Waals surface area contributed by atoms with Gasteiger partial charge >= 0.3 is 5.97 Å². The summed E-state index contributed by atoms with van der Waals surface area (Å²) in [5.41, 5.74) is -0.247. The third kappa shape index (κ3) is 2.57. The number of fused-ring (bicyclic) bond motifs is 1. The second-order valence-electron chi connectivity index (χ2n) is 4.23. The van der Waals surface area contributed by atoms with Gasteiger partial charge in [-0.2, -0.15) is 0 Å². The third-order valence-electron chi connectivity index (χ3n) is 2.78. The summed E-state index contributed by atoms with van der Waals surface area (Å²) >= 11 is 0. The molecule has 20 heavy (non-hydrogen) atoms. The second-order valence-corrected chi connectivity index (χ2v) is 6.25. The maximum absolute atomic E-state index is 12.2. The molecule has 1 aromatic carbocycles. The average molecular weight is 295 g/mol. The quantitative estimate of drug-likeness (QED) is 0.856. The first-order valence-electron chi connectivity index (χ1n) is 5.87. The van der Waals surface area contributed by atoms with Gasteiger partial charge in [-0.3, -0.25) is 4.79 Å². The van der Waals surface area contributed by atoms with E-state index in [1.807, 2.05) is 0 Å². The van der Waals surface area contributed by atoms with Gasteiger partial charge in [-0.25, -0.2) is 13.2 Å². The molecule has 106 valence electrons. The largest absolute Gasteiger partial charge is 0.462 e. The molecule has 0 fully saturated rings. The Bertz CT molecular complexity index is 835. The van der Waals surface area contributed by atoms with Crippen molar-refractivity contribution < 1.29 is 17.9 Å². The van der Waals surface area contributed by atoms with Crippen LogP contribution in [0.15, 0.2) is 34.1 Å². The smallest absolute Gasteiger partial charge is 0.343 e. The van der Waals surface area contributed by atoms with Crippen molar-refractivity contribution in [3.05, 3.63) is 40.2 Å². The van der Waals surface area contributed by atoms with E-state index in [4.69, 9.17) is 4.74 Å². The van der Waals surface area contributed by atoms with Crippen molar-refractivity contribution in [3.63, 3.8) is 0 Å². The van der Waals surface area contributed by atoms with Crippen molar-refractivity contribution in [2.75, 3.05) is 12.9 Å². The Morgan fingerprint density at radius 2 is 2.05 bits per heavy atom. The summed E-state index contributed by atoms with van der Waals surface area (Å²) in [7, 11) is -3.42. The van der Waals surface area contributed by atoms with Crippen molar-refractivity contribution in [2.45, 2.75) is 11.8 Å². The zero-order chi connectivity index (χ0) is 14.9. The number of carbonyl (C=O) groups is 1. The maximum atomic E-state index is 12.2. The van der Waals surface area contributed by atoms with E-state index >= 15 is 0 Å². The molecule has 0 aliphatic carbocycles. The molecule has 7 heteroatoms. The van der Waals surface area contributed by atoms with Crippen LogP contribution >= 0.6 is 0 Å². The van der Waals surface area contributed by atoms with E-state index in [-0.39, 0.29) is 22.5 Å². The predicted molar refractivity (Wildman–Crippen MR) is 73.6 cm³/mol. The lowest BCUT2D eigenvalue weighted by Gasteiger charge is -2.04. The van der Waals surface area contributed by atoms with Crippen molar-refractivity contribution in [1.82, 2.24) is 4.98 Å². The van der Waals surface area contributed by atoms with Crippen LogP contribution in [0.4, 0.5) is 0 Å². The Morgan fingerprint density at radius 1 is 1.35 bits per heavy atom. The van der Waals surface area contributed by atoms with Crippen LogP contribution in [0.5, 0.6) is 0 Å². The summed E-state index contributed by atoms with van der Waals surface area (Å²) in [5, 5.41) is 0.137. The number of rotatable bonds is 3. The highest BCUT2D eigenvalue weighted by molar-refractivity contribution is 7.90. The highest BCUT2D eigenvalue weighted by atomic mass is 32.2. The van der Waals surface area contributed by atoms with Gasteiger partial charge in [-0.05, 0) is 25.1 Å². The Kier molecular flexibility index (Phi) is 3.63. The summed E-state index contributed by atoms with van der Waals surface area (Å²) in [6, 6.07) is 4.14. The average Bonchev–Trinajstić information content (AvgIpc) is 2.38. The van der Waals surface area contributed by atoms with Crippen LogP contribution in [-0.2, 0) is 14.6 Å². The van der Waals surface area contributed by atoms with Gasteiger partial charge in [0.15, 0.2) is 9.84 Å². The van der Waals surface area contributed by atoms with E-state index in [2.05, 4.69) is 4.98 Å². The van der Waals surface area contributed by atoms with Crippen LogP contribution in [0.25, 0.3) is 10.9 Å². The molecular weight excluding hydrogens is 282 g/mol. The lowest BCUT2D eigenvalue weighted by atomic mass is 10.1. The summed E-state index contributed by atoms with van der Waals surface area (Å²) in [4.78, 5) is 26.6. The number of benzene rings is 1. The van der Waals surface area contributed by atoms with Crippen LogP contribution < -0.4 is 5.43 Å². The highest BCUT2D eigenvalue weighted by Gasteiger charge is 2.15. The first kappa shape index (κ1) is 14.3. The molecule has 0 radical (unpaired) electrons. The number of hydrogen-bond acceptors (Lipinski definition) is 5. The zero-order valence-corrected chi connectivity index (χ0v) is 11.8. The van der Waals surface area contributed by atoms with E-state index in [9.17, 15) is 18.0 Å². The molecule has 1 heterocycles. The number of pyridine rings is 1. The maximum Gasteiger partial charge on any atom is 0.343 e. The molecule has 2 aromatic rings. The minimum atomic E-state index is -3.42. The van der Waals surface area contributed by atoms with Crippen molar-refractivity contribution in [2.24, 2.45) is 0 Å². The van der Waals surface area contributed by atoms with E-state index in [0.717, 1.165) is 6.26 Å². The van der Waals surface area contributed by atoms with Gasteiger partial charge in [0, 0.05) is 23.4 Å². The lowest BCUT2D eigenvalue weighted by Crippen LogP contribution is -2.18. The van der Waals surface area contributed by atoms with Gasteiger partial charge in [0.2, 0.25) is 5.43 Å². The Hall–Kier alpha value is -2.15. The molecule has 0 amide bonds. The number of esters is 1. The number of H-pyrrole nitrogens is 1. The fourth-order valence-electron chi connectivity index (χ4n) is 1.79. The number of aromatic nitrogens is 1. The number of ether oxygens (including phenoxy) is 1. The SMILES string of the molecule is CCOC(=O)c1c[nH]c2ccc(S(C)(=O)=O)cc2c1=O. The molecular formula is C13H13NO5S. The van der Waals surface area contributed by atoms with Gasteiger partial charge < -0.3 is 9.72 Å². The number of carbonyl (C=O) groups excluding carboxylic acids is 1. The number of aromatic amines is 1. The minimum Gasteiger partial charge on any atom is -0.462 e. The fraction of sp³-hybridized carbons (Fsp3) is 0.231. The van der Waals surface area contributed by atoms with Gasteiger partial charge in [-0.15, -0.1) is 0 Å². The van der Waals surface area contributed by atoms with E-state index in [0.29, 0.717) is 5.52 Å². The Balaban J connectivity index is 2.71. The number of sulfone groups is 1. The summed E-state index contributed by atoms with van der Waals surface area (Å²) in [6.45, 7) is 1.79. The summed E-state index contributed by atoms with van der Waals surface area (Å²) < 4.78 is 27.8. The van der Waals surface area contributed by atoms with E-state index in [1.165, 1.54) is 24.4 Å². The monoisotopic (exact) mass is 295 g/mol. The van der Waals surface area contributed by atoms with Gasteiger partial charge in [0.1, 0.15) is 5.56 Å². The first-order valence-corrected chi connectivity index (χ1v) is 7.76. The predicted octanol–water partition coefficient (Wildman–Crippen LogP) is 1.11. The van der Waals surface area contributed by atoms with E-state index < -0.39 is 21.2 Å². The van der Waals surface area contributed by atoms with Gasteiger partial charge in [0.05, 0.1) is 11.5 Å². The van der Waals surface area contributed by atoms with Gasteiger partial charge in [0.25, 0.3) is 0 Å². The zero-order valence-electron chi connectivity index (χ0n) is 11.0. The molecule has 0 saturated carbocycles. The molecule has 0 bridgehead atoms. The lowest BCUT2D eigenvalue weighted by molar-refractivity contribution is 0.0524. The molecule has 1 N–H and O–H groups in total. The topological polar surface area (TPSA) is 93.3 Å². The minimum absolute atomic E-state index is 0.0245. The molecule has 0 unspecified atom stereocenters. The number of hydrogen-bond donors (Lipinski definition) is 1. The first-order chi connectivity index (χ1) is 9.34. The molecule has 0 spiro atoms. The van der Waals surface area contributed by atoms with Crippen molar-refractivity contribution in [3.8, 4) is 0 Å². The standard InChI is InChI=1S/C13H13NO5S/c1-3-19-13(16)10-7-14-11-5-4-8(20(2,17)18)6-9(11)12(10)15/h4-7H,3H2,1-2H3,(H,14,15). The van der Waals surface area contributed by atoms with Crippen molar-refractivity contribution in [1.29, 1.82) is 0 Å². The molecule has 1 aromatic heterocycles. The second kappa shape index (κ2) is 5.09. The summed E-state index contributed by atoms with van der Waals surface area (Å²) in [5.74, 6) is -0.736. The number of nitrogens with one attached hydrogen (secondary N) is 1. The van der Waals surface area contributed by atoms with Crippen LogP contribution in [0.2, 0.25) is 0 Å². The summed E-state index contributed by atoms with van der Waals surface area (Å²) in [6.07, 6.45) is 2.32. The van der Waals surface area contributed by atoms with Crippen molar-refractivity contribution >= 4 is 26.7 Å². The highest BCUT2D eigenvalue weighted by Crippen LogP contribution is 2.15. The molecule has 6 nitrogen and oxygen atoms in total. The molecule has 2 rings (SSSR count). The van der Waals surface area contributed by atoms with E-state index in [1.54, 1.807) is 6.92 Å². The molecule has 0 atom stereocenters. The molecule has 0 aliphatic rings. The van der Waals surface area contributed by atoms with Gasteiger partial charge in [-0.1, -0.05) is 0 Å². The molecule has 0 aliphatic heterocycles. The van der Waals surface area contributed by atoms with Crippen LogP contribution in [0, 0.1) is 0 Å². The normalized spacial score (nSPS) is 11.5. The fourth-order valence-corrected chi connectivity index (χ4v) is 2.44. The van der Waals surface area contributed by atoms with Crippen LogP contribution in [0.1, 0.15) is 17.3 Å².